The summed E-state index contributed by atoms with van der Waals surface area (Å²) in [5.41, 5.74) is 5.00. The minimum atomic E-state index is -0.553. The largest absolute Gasteiger partial charge is 0.388 e. The van der Waals surface area contributed by atoms with Crippen molar-refractivity contribution in [3.63, 3.8) is 0 Å². The summed E-state index contributed by atoms with van der Waals surface area (Å²) < 4.78 is 0. The van der Waals surface area contributed by atoms with Crippen molar-refractivity contribution >= 4 is 0 Å². The van der Waals surface area contributed by atoms with Crippen LogP contribution in [0, 0.1) is 5.92 Å². The number of hydrogen-bond donors (Lipinski definition) is 2. The summed E-state index contributed by atoms with van der Waals surface area (Å²) in [6, 6.07) is 0.476. The van der Waals surface area contributed by atoms with Crippen LogP contribution in [0.4, 0.5) is 0 Å². The SMILES string of the molecule is CC1CC(O)(C(C)CN)CN1C. The van der Waals surface area contributed by atoms with E-state index in [-0.39, 0.29) is 5.92 Å². The molecule has 0 amide bonds. The maximum Gasteiger partial charge on any atom is 0.0826 e. The molecule has 12 heavy (non-hydrogen) atoms. The van der Waals surface area contributed by atoms with Gasteiger partial charge in [-0.1, -0.05) is 6.92 Å². The van der Waals surface area contributed by atoms with Crippen LogP contribution in [0.15, 0.2) is 0 Å². The number of nitrogens with zero attached hydrogens (tertiary/aromatic N) is 1. The van der Waals surface area contributed by atoms with Gasteiger partial charge in [0.05, 0.1) is 5.60 Å². The molecule has 1 aliphatic heterocycles. The molecule has 0 spiro atoms. The molecule has 3 atom stereocenters. The Morgan fingerprint density at radius 3 is 2.67 bits per heavy atom. The fourth-order valence-corrected chi connectivity index (χ4v) is 1.90. The monoisotopic (exact) mass is 172 g/mol. The Kier molecular flexibility index (Phi) is 2.76. The lowest BCUT2D eigenvalue weighted by Gasteiger charge is -2.28. The molecule has 1 aliphatic rings. The summed E-state index contributed by atoms with van der Waals surface area (Å²) in [7, 11) is 2.05. The Balaban J connectivity index is 2.63. The Hall–Kier alpha value is -0.120. The van der Waals surface area contributed by atoms with E-state index in [1.807, 2.05) is 14.0 Å². The van der Waals surface area contributed by atoms with Gasteiger partial charge in [-0.15, -0.1) is 0 Å². The predicted molar refractivity (Wildman–Crippen MR) is 49.9 cm³/mol. The molecule has 0 aromatic rings. The fourth-order valence-electron chi connectivity index (χ4n) is 1.90. The summed E-state index contributed by atoms with van der Waals surface area (Å²) in [5, 5.41) is 10.2. The van der Waals surface area contributed by atoms with E-state index in [0.717, 1.165) is 13.0 Å². The normalized spacial score (nSPS) is 40.2. The van der Waals surface area contributed by atoms with Crippen LogP contribution >= 0.6 is 0 Å². The van der Waals surface area contributed by atoms with E-state index < -0.39 is 5.60 Å². The van der Waals surface area contributed by atoms with Crippen molar-refractivity contribution in [3.8, 4) is 0 Å². The first-order valence-electron chi connectivity index (χ1n) is 4.62. The van der Waals surface area contributed by atoms with Crippen molar-refractivity contribution < 1.29 is 5.11 Å². The molecular weight excluding hydrogens is 152 g/mol. The lowest BCUT2D eigenvalue weighted by Crippen LogP contribution is -2.42. The van der Waals surface area contributed by atoms with Crippen LogP contribution in [0.2, 0.25) is 0 Å². The number of rotatable bonds is 2. The first kappa shape index (κ1) is 9.96. The standard InChI is InChI=1S/C9H20N2O/c1-7(5-10)9(12)4-8(2)11(3)6-9/h7-8,12H,4-6,10H2,1-3H3. The summed E-state index contributed by atoms with van der Waals surface area (Å²) >= 11 is 0. The van der Waals surface area contributed by atoms with Gasteiger partial charge in [0, 0.05) is 12.6 Å². The molecule has 3 N–H and O–H groups in total. The van der Waals surface area contributed by atoms with E-state index in [2.05, 4.69) is 11.8 Å². The van der Waals surface area contributed by atoms with Crippen LogP contribution in [0.5, 0.6) is 0 Å². The molecule has 1 saturated heterocycles. The van der Waals surface area contributed by atoms with Gasteiger partial charge in [0.25, 0.3) is 0 Å². The third-order valence-corrected chi connectivity index (χ3v) is 3.20. The Bertz CT molecular complexity index is 151. The van der Waals surface area contributed by atoms with E-state index in [1.54, 1.807) is 0 Å². The van der Waals surface area contributed by atoms with Gasteiger partial charge in [-0.2, -0.15) is 0 Å². The second-order valence-electron chi connectivity index (χ2n) is 4.21. The number of β-amino-alcohol motifs (C(OH)–C–C–N with tert-alkyl or cyclic N) is 1. The lowest BCUT2D eigenvalue weighted by atomic mass is 9.87. The van der Waals surface area contributed by atoms with Gasteiger partial charge >= 0.3 is 0 Å². The highest BCUT2D eigenvalue weighted by molar-refractivity contribution is 4.96. The van der Waals surface area contributed by atoms with Gasteiger partial charge in [-0.3, -0.25) is 0 Å². The van der Waals surface area contributed by atoms with E-state index in [9.17, 15) is 5.11 Å². The molecule has 0 bridgehead atoms. The second kappa shape index (κ2) is 3.32. The summed E-state index contributed by atoms with van der Waals surface area (Å²) in [6.45, 7) is 5.48. The summed E-state index contributed by atoms with van der Waals surface area (Å²) in [6.07, 6.45) is 0.849. The van der Waals surface area contributed by atoms with Gasteiger partial charge in [-0.25, -0.2) is 0 Å². The molecular formula is C9H20N2O. The van der Waals surface area contributed by atoms with Crippen LogP contribution in [0.3, 0.4) is 0 Å². The molecule has 72 valence electrons. The average molecular weight is 172 g/mol. The number of aliphatic hydroxyl groups is 1. The van der Waals surface area contributed by atoms with Crippen LogP contribution < -0.4 is 5.73 Å². The molecule has 0 aromatic heterocycles. The highest BCUT2D eigenvalue weighted by atomic mass is 16.3. The fraction of sp³-hybridized carbons (Fsp3) is 1.00. The Morgan fingerprint density at radius 1 is 1.75 bits per heavy atom. The van der Waals surface area contributed by atoms with Crippen molar-refractivity contribution in [1.82, 2.24) is 4.90 Å². The van der Waals surface area contributed by atoms with Crippen LogP contribution in [-0.4, -0.2) is 41.8 Å². The Morgan fingerprint density at radius 2 is 2.33 bits per heavy atom. The smallest absolute Gasteiger partial charge is 0.0826 e. The number of nitrogens with two attached hydrogens (primary N) is 1. The maximum absolute atomic E-state index is 10.2. The highest BCUT2D eigenvalue weighted by Crippen LogP contribution is 2.31. The number of likely N-dealkylation sites (N-methyl/N-ethyl adjacent to an activating group) is 1. The van der Waals surface area contributed by atoms with Crippen molar-refractivity contribution in [1.29, 1.82) is 0 Å². The zero-order chi connectivity index (χ0) is 9.35. The van der Waals surface area contributed by atoms with E-state index in [0.29, 0.717) is 12.6 Å². The Labute approximate surface area is 74.5 Å². The molecule has 3 unspecified atom stereocenters. The molecule has 0 radical (unpaired) electrons. The molecule has 1 heterocycles. The van der Waals surface area contributed by atoms with Gasteiger partial charge in [0.1, 0.15) is 0 Å². The van der Waals surface area contributed by atoms with Gasteiger partial charge in [0.15, 0.2) is 0 Å². The van der Waals surface area contributed by atoms with Crippen molar-refractivity contribution in [2.45, 2.75) is 31.9 Å². The molecule has 3 nitrogen and oxygen atoms in total. The molecule has 0 saturated carbocycles. The zero-order valence-corrected chi connectivity index (χ0v) is 8.25. The summed E-state index contributed by atoms with van der Waals surface area (Å²) in [4.78, 5) is 2.19. The lowest BCUT2D eigenvalue weighted by molar-refractivity contribution is 0.00290. The van der Waals surface area contributed by atoms with Crippen LogP contribution in [0.25, 0.3) is 0 Å². The van der Waals surface area contributed by atoms with Crippen LogP contribution in [-0.2, 0) is 0 Å². The van der Waals surface area contributed by atoms with Crippen molar-refractivity contribution in [2.24, 2.45) is 11.7 Å². The molecule has 1 rings (SSSR count). The maximum atomic E-state index is 10.2. The third kappa shape index (κ3) is 1.63. The number of hydrogen-bond acceptors (Lipinski definition) is 3. The van der Waals surface area contributed by atoms with E-state index >= 15 is 0 Å². The van der Waals surface area contributed by atoms with E-state index in [4.69, 9.17) is 5.73 Å². The van der Waals surface area contributed by atoms with Gasteiger partial charge in [0.2, 0.25) is 0 Å². The quantitative estimate of drug-likeness (QED) is 0.618. The van der Waals surface area contributed by atoms with Crippen molar-refractivity contribution in [3.05, 3.63) is 0 Å². The second-order valence-corrected chi connectivity index (χ2v) is 4.21. The predicted octanol–water partition coefficient (Wildman–Crippen LogP) is 0.0363. The molecule has 1 fully saturated rings. The highest BCUT2D eigenvalue weighted by Gasteiger charge is 2.42. The van der Waals surface area contributed by atoms with Gasteiger partial charge < -0.3 is 15.7 Å². The minimum absolute atomic E-state index is 0.199. The van der Waals surface area contributed by atoms with Gasteiger partial charge in [-0.05, 0) is 32.9 Å². The topological polar surface area (TPSA) is 49.5 Å². The molecule has 3 heteroatoms. The first-order chi connectivity index (χ1) is 5.49. The minimum Gasteiger partial charge on any atom is -0.388 e. The van der Waals surface area contributed by atoms with E-state index in [1.165, 1.54) is 0 Å². The van der Waals surface area contributed by atoms with Crippen molar-refractivity contribution in [2.75, 3.05) is 20.1 Å². The van der Waals surface area contributed by atoms with Crippen LogP contribution in [0.1, 0.15) is 20.3 Å². The first-order valence-corrected chi connectivity index (χ1v) is 4.62. The third-order valence-electron chi connectivity index (χ3n) is 3.20. The number of likely N-dealkylation sites (tertiary alicyclic amines) is 1. The molecule has 0 aromatic carbocycles. The summed E-state index contributed by atoms with van der Waals surface area (Å²) in [5.74, 6) is 0.199. The molecule has 0 aliphatic carbocycles. The average Bonchev–Trinajstić information content (AvgIpc) is 2.26. The zero-order valence-electron chi connectivity index (χ0n) is 8.25.